The van der Waals surface area contributed by atoms with Crippen LogP contribution in [0.2, 0.25) is 0 Å². The van der Waals surface area contributed by atoms with E-state index in [1.807, 2.05) is 24.3 Å². The predicted molar refractivity (Wildman–Crippen MR) is 83.0 cm³/mol. The molecule has 21 heavy (non-hydrogen) atoms. The molecule has 1 N–H and O–H groups in total. The Kier molecular flexibility index (Phi) is 4.15. The third-order valence-electron chi connectivity index (χ3n) is 4.52. The predicted octanol–water partition coefficient (Wildman–Crippen LogP) is 2.01. The van der Waals surface area contributed by atoms with Crippen LogP contribution in [0.5, 0.6) is 0 Å². The SMILES string of the molecule is O=S(=O)(C1=Cc2ccccc2CC1)N1CCC(CO)CC1. The van der Waals surface area contributed by atoms with Crippen LogP contribution in [0.1, 0.15) is 30.4 Å². The van der Waals surface area contributed by atoms with Gasteiger partial charge >= 0.3 is 0 Å². The Morgan fingerprint density at radius 1 is 1.14 bits per heavy atom. The molecule has 0 saturated carbocycles. The quantitative estimate of drug-likeness (QED) is 0.929. The van der Waals surface area contributed by atoms with Gasteiger partial charge in [0.15, 0.2) is 0 Å². The number of fused-ring (bicyclic) bond motifs is 1. The molecule has 5 heteroatoms. The third kappa shape index (κ3) is 2.91. The lowest BCUT2D eigenvalue weighted by Gasteiger charge is -2.31. The van der Waals surface area contributed by atoms with Crippen LogP contribution < -0.4 is 0 Å². The van der Waals surface area contributed by atoms with Crippen molar-refractivity contribution in [2.75, 3.05) is 19.7 Å². The van der Waals surface area contributed by atoms with Crippen molar-refractivity contribution in [2.24, 2.45) is 5.92 Å². The Morgan fingerprint density at radius 3 is 2.57 bits per heavy atom. The molecule has 2 aliphatic rings. The molecule has 0 amide bonds. The lowest BCUT2D eigenvalue weighted by Crippen LogP contribution is -2.40. The first-order chi connectivity index (χ1) is 10.1. The standard InChI is InChI=1S/C16H21NO3S/c18-12-13-7-9-17(10-8-13)21(19,20)16-6-5-14-3-1-2-4-15(14)11-16/h1-4,11,13,18H,5-10,12H2. The maximum Gasteiger partial charge on any atom is 0.239 e. The van der Waals surface area contributed by atoms with Crippen LogP contribution in [0.4, 0.5) is 0 Å². The Labute approximate surface area is 126 Å². The van der Waals surface area contributed by atoms with E-state index in [9.17, 15) is 8.42 Å². The zero-order valence-corrected chi connectivity index (χ0v) is 12.8. The number of aliphatic hydroxyl groups is 1. The van der Waals surface area contributed by atoms with Gasteiger partial charge in [-0.3, -0.25) is 0 Å². The number of hydrogen-bond donors (Lipinski definition) is 1. The molecule has 1 aliphatic heterocycles. The second-order valence-electron chi connectivity index (χ2n) is 5.84. The number of allylic oxidation sites excluding steroid dienone is 1. The molecular weight excluding hydrogens is 286 g/mol. The van der Waals surface area contributed by atoms with Crippen molar-refractivity contribution in [3.05, 3.63) is 40.3 Å². The summed E-state index contributed by atoms with van der Waals surface area (Å²) in [5.41, 5.74) is 2.24. The van der Waals surface area contributed by atoms with Gasteiger partial charge in [-0.15, -0.1) is 0 Å². The molecule has 3 rings (SSSR count). The summed E-state index contributed by atoms with van der Waals surface area (Å²) >= 11 is 0. The minimum atomic E-state index is -3.35. The summed E-state index contributed by atoms with van der Waals surface area (Å²) < 4.78 is 27.1. The highest BCUT2D eigenvalue weighted by Crippen LogP contribution is 2.30. The Bertz CT molecular complexity index is 643. The van der Waals surface area contributed by atoms with E-state index in [-0.39, 0.29) is 12.5 Å². The van der Waals surface area contributed by atoms with Gasteiger partial charge in [0, 0.05) is 19.7 Å². The minimum Gasteiger partial charge on any atom is -0.396 e. The molecule has 1 saturated heterocycles. The molecule has 1 aromatic carbocycles. The Morgan fingerprint density at radius 2 is 1.86 bits per heavy atom. The maximum atomic E-state index is 12.7. The zero-order chi connectivity index (χ0) is 14.9. The summed E-state index contributed by atoms with van der Waals surface area (Å²) in [4.78, 5) is 0.531. The van der Waals surface area contributed by atoms with Gasteiger partial charge in [0.25, 0.3) is 0 Å². The van der Waals surface area contributed by atoms with Crippen molar-refractivity contribution in [2.45, 2.75) is 25.7 Å². The van der Waals surface area contributed by atoms with Crippen LogP contribution in [0.3, 0.4) is 0 Å². The molecule has 0 aromatic heterocycles. The highest BCUT2D eigenvalue weighted by Gasteiger charge is 2.31. The van der Waals surface area contributed by atoms with E-state index in [4.69, 9.17) is 5.11 Å². The van der Waals surface area contributed by atoms with Crippen LogP contribution >= 0.6 is 0 Å². The largest absolute Gasteiger partial charge is 0.396 e. The fourth-order valence-corrected chi connectivity index (χ4v) is 4.77. The first-order valence-corrected chi connectivity index (χ1v) is 8.95. The summed E-state index contributed by atoms with van der Waals surface area (Å²) in [5, 5.41) is 9.16. The van der Waals surface area contributed by atoms with Crippen LogP contribution in [0, 0.1) is 5.92 Å². The number of piperidine rings is 1. The zero-order valence-electron chi connectivity index (χ0n) is 12.0. The van der Waals surface area contributed by atoms with Crippen LogP contribution in [-0.2, 0) is 16.4 Å². The molecule has 1 aromatic rings. The Balaban J connectivity index is 1.82. The van der Waals surface area contributed by atoms with Crippen molar-refractivity contribution in [3.63, 3.8) is 0 Å². The van der Waals surface area contributed by atoms with E-state index >= 15 is 0 Å². The summed E-state index contributed by atoms with van der Waals surface area (Å²) in [7, 11) is -3.35. The second-order valence-corrected chi connectivity index (χ2v) is 7.83. The van der Waals surface area contributed by atoms with Gasteiger partial charge in [-0.2, -0.15) is 4.31 Å². The van der Waals surface area contributed by atoms with Crippen molar-refractivity contribution in [3.8, 4) is 0 Å². The van der Waals surface area contributed by atoms with Gasteiger partial charge in [0.1, 0.15) is 0 Å². The van der Waals surface area contributed by atoms with Crippen molar-refractivity contribution < 1.29 is 13.5 Å². The molecule has 0 radical (unpaired) electrons. The molecule has 1 fully saturated rings. The molecule has 114 valence electrons. The van der Waals surface area contributed by atoms with Gasteiger partial charge in [-0.05, 0) is 48.8 Å². The molecule has 0 unspecified atom stereocenters. The molecule has 0 bridgehead atoms. The number of rotatable bonds is 3. The van der Waals surface area contributed by atoms with Gasteiger partial charge in [-0.1, -0.05) is 24.3 Å². The lowest BCUT2D eigenvalue weighted by molar-refractivity contribution is 0.170. The van der Waals surface area contributed by atoms with Gasteiger partial charge < -0.3 is 5.11 Å². The number of aryl methyl sites for hydroxylation is 1. The first kappa shape index (κ1) is 14.8. The maximum absolute atomic E-state index is 12.7. The summed E-state index contributed by atoms with van der Waals surface area (Å²) in [6.45, 7) is 1.20. The number of benzene rings is 1. The van der Waals surface area contributed by atoms with Gasteiger partial charge in [-0.25, -0.2) is 8.42 Å². The molecule has 1 heterocycles. The highest BCUT2D eigenvalue weighted by atomic mass is 32.2. The van der Waals surface area contributed by atoms with E-state index in [0.717, 1.165) is 24.8 Å². The fraction of sp³-hybridized carbons (Fsp3) is 0.500. The normalized spacial score (nSPS) is 20.9. The van der Waals surface area contributed by atoms with E-state index < -0.39 is 10.0 Å². The Hall–Kier alpha value is -1.17. The average molecular weight is 307 g/mol. The van der Waals surface area contributed by atoms with Crippen molar-refractivity contribution in [1.82, 2.24) is 4.31 Å². The van der Waals surface area contributed by atoms with Gasteiger partial charge in [0.05, 0.1) is 4.91 Å². The summed E-state index contributed by atoms with van der Waals surface area (Å²) in [6, 6.07) is 7.97. The number of sulfonamides is 1. The summed E-state index contributed by atoms with van der Waals surface area (Å²) in [5.74, 6) is 0.248. The lowest BCUT2D eigenvalue weighted by atomic mass is 9.98. The third-order valence-corrected chi connectivity index (χ3v) is 6.54. The van der Waals surface area contributed by atoms with E-state index in [0.29, 0.717) is 24.4 Å². The number of nitrogens with zero attached hydrogens (tertiary/aromatic N) is 1. The van der Waals surface area contributed by atoms with E-state index in [2.05, 4.69) is 6.07 Å². The van der Waals surface area contributed by atoms with Crippen LogP contribution in [0.15, 0.2) is 29.2 Å². The average Bonchev–Trinajstić information content (AvgIpc) is 2.54. The number of hydrogen-bond acceptors (Lipinski definition) is 3. The van der Waals surface area contributed by atoms with Gasteiger partial charge in [0.2, 0.25) is 10.0 Å². The minimum absolute atomic E-state index is 0.157. The van der Waals surface area contributed by atoms with E-state index in [1.54, 1.807) is 4.31 Å². The second kappa shape index (κ2) is 5.91. The van der Waals surface area contributed by atoms with Crippen molar-refractivity contribution >= 4 is 16.1 Å². The van der Waals surface area contributed by atoms with E-state index in [1.165, 1.54) is 5.56 Å². The topological polar surface area (TPSA) is 57.6 Å². The smallest absolute Gasteiger partial charge is 0.239 e. The molecule has 4 nitrogen and oxygen atoms in total. The number of aliphatic hydroxyl groups excluding tert-OH is 1. The van der Waals surface area contributed by atoms with Crippen LogP contribution in [-0.4, -0.2) is 37.5 Å². The molecular formula is C16H21NO3S. The highest BCUT2D eigenvalue weighted by molar-refractivity contribution is 7.93. The molecule has 1 aliphatic carbocycles. The van der Waals surface area contributed by atoms with Crippen LogP contribution in [0.25, 0.3) is 6.08 Å². The molecule has 0 spiro atoms. The fourth-order valence-electron chi connectivity index (χ4n) is 3.11. The monoisotopic (exact) mass is 307 g/mol. The first-order valence-electron chi connectivity index (χ1n) is 7.51. The summed E-state index contributed by atoms with van der Waals surface area (Å²) in [6.07, 6.45) is 4.69. The molecule has 0 atom stereocenters. The van der Waals surface area contributed by atoms with Crippen molar-refractivity contribution in [1.29, 1.82) is 0 Å².